The van der Waals surface area contributed by atoms with E-state index in [1.165, 1.54) is 0 Å². The van der Waals surface area contributed by atoms with E-state index in [0.29, 0.717) is 17.2 Å². The van der Waals surface area contributed by atoms with Gasteiger partial charge in [-0.1, -0.05) is 26.0 Å². The predicted octanol–water partition coefficient (Wildman–Crippen LogP) is 2.53. The van der Waals surface area contributed by atoms with Crippen molar-refractivity contribution in [3.8, 4) is 5.75 Å². The summed E-state index contributed by atoms with van der Waals surface area (Å²) in [5, 5.41) is 3.01. The first kappa shape index (κ1) is 11.0. The minimum absolute atomic E-state index is 0.0156. The van der Waals surface area contributed by atoms with E-state index < -0.39 is 0 Å². The third-order valence-electron chi connectivity index (χ3n) is 2.89. The molecule has 0 radical (unpaired) electrons. The molecule has 16 heavy (non-hydrogen) atoms. The molecule has 2 rings (SSSR count). The zero-order valence-electron chi connectivity index (χ0n) is 9.91. The summed E-state index contributed by atoms with van der Waals surface area (Å²) in [6, 6.07) is 5.90. The van der Waals surface area contributed by atoms with Gasteiger partial charge in [0.25, 0.3) is 5.91 Å². The number of nitrogens with one attached hydrogen (secondary N) is 1. The van der Waals surface area contributed by atoms with Crippen LogP contribution in [0.3, 0.4) is 0 Å². The normalized spacial score (nSPS) is 18.5. The summed E-state index contributed by atoms with van der Waals surface area (Å²) in [6.07, 6.45) is 0.964. The zero-order valence-corrected chi connectivity index (χ0v) is 9.91. The molecule has 3 heteroatoms. The van der Waals surface area contributed by atoms with Gasteiger partial charge in [0.1, 0.15) is 5.75 Å². The van der Waals surface area contributed by atoms with Crippen LogP contribution in [-0.4, -0.2) is 13.0 Å². The van der Waals surface area contributed by atoms with Crippen LogP contribution in [0.2, 0.25) is 0 Å². The Kier molecular flexibility index (Phi) is 2.86. The Balaban J connectivity index is 2.39. The van der Waals surface area contributed by atoms with Gasteiger partial charge in [-0.25, -0.2) is 0 Å². The maximum absolute atomic E-state index is 11.8. The molecule has 0 spiro atoms. The van der Waals surface area contributed by atoms with Gasteiger partial charge >= 0.3 is 0 Å². The maximum atomic E-state index is 11.8. The van der Waals surface area contributed by atoms with Crippen molar-refractivity contribution in [3.05, 3.63) is 29.3 Å². The second kappa shape index (κ2) is 4.16. The molecular weight excluding hydrogens is 202 g/mol. The maximum Gasteiger partial charge on any atom is 0.255 e. The van der Waals surface area contributed by atoms with E-state index in [2.05, 4.69) is 19.2 Å². The number of carbonyl (C=O) groups is 1. The molecule has 1 aromatic carbocycles. The van der Waals surface area contributed by atoms with Crippen molar-refractivity contribution in [2.45, 2.75) is 26.3 Å². The minimum atomic E-state index is -0.0156. The molecule has 1 N–H and O–H groups in total. The van der Waals surface area contributed by atoms with Gasteiger partial charge in [0.15, 0.2) is 0 Å². The third-order valence-corrected chi connectivity index (χ3v) is 2.89. The lowest BCUT2D eigenvalue weighted by molar-refractivity contribution is 0.0951. The third kappa shape index (κ3) is 1.77. The van der Waals surface area contributed by atoms with Gasteiger partial charge in [-0.3, -0.25) is 4.79 Å². The molecular formula is C13H17NO2. The van der Waals surface area contributed by atoms with E-state index in [-0.39, 0.29) is 11.9 Å². The fraction of sp³-hybridized carbons (Fsp3) is 0.462. The molecule has 0 bridgehead atoms. The lowest BCUT2D eigenvalue weighted by Gasteiger charge is -2.14. The van der Waals surface area contributed by atoms with Crippen molar-refractivity contribution < 1.29 is 9.53 Å². The Morgan fingerprint density at radius 1 is 1.44 bits per heavy atom. The highest BCUT2D eigenvalue weighted by molar-refractivity contribution is 6.01. The molecule has 1 aliphatic heterocycles. The number of methoxy groups -OCH3 is 1. The van der Waals surface area contributed by atoms with Crippen molar-refractivity contribution in [1.82, 2.24) is 5.32 Å². The fourth-order valence-corrected chi connectivity index (χ4v) is 2.22. The summed E-state index contributed by atoms with van der Waals surface area (Å²) in [4.78, 5) is 11.8. The summed E-state index contributed by atoms with van der Waals surface area (Å²) in [7, 11) is 1.60. The van der Waals surface area contributed by atoms with Crippen LogP contribution in [0.4, 0.5) is 0 Å². The van der Waals surface area contributed by atoms with Gasteiger partial charge in [-0.2, -0.15) is 0 Å². The molecule has 0 aromatic heterocycles. The second-order valence-electron chi connectivity index (χ2n) is 4.58. The van der Waals surface area contributed by atoms with Gasteiger partial charge in [-0.05, 0) is 24.0 Å². The first-order chi connectivity index (χ1) is 7.63. The van der Waals surface area contributed by atoms with E-state index in [0.717, 1.165) is 12.0 Å². The monoisotopic (exact) mass is 219 g/mol. The minimum Gasteiger partial charge on any atom is -0.496 e. The molecule has 3 nitrogen and oxygen atoms in total. The van der Waals surface area contributed by atoms with Crippen LogP contribution in [0.25, 0.3) is 0 Å². The highest BCUT2D eigenvalue weighted by atomic mass is 16.5. The molecule has 1 unspecified atom stereocenters. The SMILES string of the molecule is COc1cccc2c1C(=O)NC2CC(C)C. The van der Waals surface area contributed by atoms with E-state index in [1.54, 1.807) is 7.11 Å². The van der Waals surface area contributed by atoms with Crippen LogP contribution in [0.15, 0.2) is 18.2 Å². The van der Waals surface area contributed by atoms with E-state index >= 15 is 0 Å². The lowest BCUT2D eigenvalue weighted by Crippen LogP contribution is -2.20. The van der Waals surface area contributed by atoms with Crippen molar-refractivity contribution in [2.24, 2.45) is 5.92 Å². The number of carbonyl (C=O) groups excluding carboxylic acids is 1. The number of rotatable bonds is 3. The Morgan fingerprint density at radius 3 is 2.81 bits per heavy atom. The molecule has 1 heterocycles. The van der Waals surface area contributed by atoms with Crippen molar-refractivity contribution in [1.29, 1.82) is 0 Å². The van der Waals surface area contributed by atoms with Crippen LogP contribution >= 0.6 is 0 Å². The standard InChI is InChI=1S/C13H17NO2/c1-8(2)7-10-9-5-4-6-11(16-3)12(9)13(15)14-10/h4-6,8,10H,7H2,1-3H3,(H,14,15). The lowest BCUT2D eigenvalue weighted by atomic mass is 9.97. The highest BCUT2D eigenvalue weighted by Crippen LogP contribution is 2.35. The summed E-state index contributed by atoms with van der Waals surface area (Å²) in [6.45, 7) is 4.31. The predicted molar refractivity (Wildman–Crippen MR) is 62.7 cm³/mol. The average molecular weight is 219 g/mol. The number of hydrogen-bond acceptors (Lipinski definition) is 2. The van der Waals surface area contributed by atoms with Crippen molar-refractivity contribution in [2.75, 3.05) is 7.11 Å². The molecule has 0 saturated heterocycles. The van der Waals surface area contributed by atoms with Gasteiger partial charge in [-0.15, -0.1) is 0 Å². The van der Waals surface area contributed by atoms with Crippen LogP contribution in [0.1, 0.15) is 42.2 Å². The average Bonchev–Trinajstić information content (AvgIpc) is 2.55. The van der Waals surface area contributed by atoms with Crippen molar-refractivity contribution >= 4 is 5.91 Å². The quantitative estimate of drug-likeness (QED) is 0.848. The topological polar surface area (TPSA) is 38.3 Å². The van der Waals surface area contributed by atoms with Crippen LogP contribution in [0.5, 0.6) is 5.75 Å². The number of hydrogen-bond donors (Lipinski definition) is 1. The number of ether oxygens (including phenoxy) is 1. The van der Waals surface area contributed by atoms with Gasteiger partial charge in [0, 0.05) is 0 Å². The molecule has 1 amide bonds. The molecule has 1 atom stereocenters. The smallest absolute Gasteiger partial charge is 0.255 e. The van der Waals surface area contributed by atoms with Gasteiger partial charge in [0.2, 0.25) is 0 Å². The van der Waals surface area contributed by atoms with Crippen LogP contribution < -0.4 is 10.1 Å². The molecule has 1 aromatic rings. The molecule has 0 aliphatic carbocycles. The number of fused-ring (bicyclic) bond motifs is 1. The highest BCUT2D eigenvalue weighted by Gasteiger charge is 2.31. The number of amides is 1. The van der Waals surface area contributed by atoms with Gasteiger partial charge in [0.05, 0.1) is 18.7 Å². The fourth-order valence-electron chi connectivity index (χ4n) is 2.22. The Hall–Kier alpha value is -1.51. The Morgan fingerprint density at radius 2 is 2.19 bits per heavy atom. The Labute approximate surface area is 95.8 Å². The summed E-state index contributed by atoms with van der Waals surface area (Å²) in [5.74, 6) is 1.21. The van der Waals surface area contributed by atoms with Gasteiger partial charge < -0.3 is 10.1 Å². The van der Waals surface area contributed by atoms with E-state index in [4.69, 9.17) is 4.74 Å². The summed E-state index contributed by atoms with van der Waals surface area (Å²) in [5.41, 5.74) is 1.77. The summed E-state index contributed by atoms with van der Waals surface area (Å²) >= 11 is 0. The molecule has 0 saturated carbocycles. The first-order valence-corrected chi connectivity index (χ1v) is 5.61. The van der Waals surface area contributed by atoms with Crippen LogP contribution in [-0.2, 0) is 0 Å². The van der Waals surface area contributed by atoms with E-state index in [9.17, 15) is 4.79 Å². The zero-order chi connectivity index (χ0) is 11.7. The van der Waals surface area contributed by atoms with Crippen LogP contribution in [0, 0.1) is 5.92 Å². The molecule has 0 fully saturated rings. The van der Waals surface area contributed by atoms with E-state index in [1.807, 2.05) is 18.2 Å². The summed E-state index contributed by atoms with van der Waals surface area (Å²) < 4.78 is 5.22. The second-order valence-corrected chi connectivity index (χ2v) is 4.58. The molecule has 86 valence electrons. The first-order valence-electron chi connectivity index (χ1n) is 5.61. The number of benzene rings is 1. The largest absolute Gasteiger partial charge is 0.496 e. The Bertz CT molecular complexity index is 412. The molecule has 1 aliphatic rings. The van der Waals surface area contributed by atoms with Crippen molar-refractivity contribution in [3.63, 3.8) is 0 Å².